The van der Waals surface area contributed by atoms with Gasteiger partial charge in [0.25, 0.3) is 0 Å². The van der Waals surface area contributed by atoms with Gasteiger partial charge in [-0.1, -0.05) is 13.8 Å². The van der Waals surface area contributed by atoms with Gasteiger partial charge in [0, 0.05) is 26.3 Å². The Labute approximate surface area is 142 Å². The van der Waals surface area contributed by atoms with Crippen LogP contribution in [0.1, 0.15) is 34.1 Å². The molecule has 1 heterocycles. The first kappa shape index (κ1) is 20.8. The molecule has 0 amide bonds. The maximum atomic E-state index is 11.4. The molecule has 0 saturated carbocycles. The highest BCUT2D eigenvalue weighted by atomic mass is 16.7. The summed E-state index contributed by atoms with van der Waals surface area (Å²) >= 11 is 0. The second kappa shape index (κ2) is 10.6. The number of carbonyl (C=O) groups excluding carboxylic acids is 2. The fourth-order valence-electron chi connectivity index (χ4n) is 2.73. The quantitative estimate of drug-likeness (QED) is 0.478. The van der Waals surface area contributed by atoms with E-state index < -0.39 is 30.4 Å². The molecule has 1 saturated heterocycles. The largest absolute Gasteiger partial charge is 0.458 e. The van der Waals surface area contributed by atoms with Crippen molar-refractivity contribution in [2.24, 2.45) is 11.7 Å². The third kappa shape index (κ3) is 6.35. The fraction of sp³-hybridized carbons (Fsp3) is 0.875. The molecular formula is C16H29NO7. The monoisotopic (exact) mass is 347 g/mol. The molecule has 1 aliphatic rings. The van der Waals surface area contributed by atoms with Gasteiger partial charge in [-0.2, -0.15) is 0 Å². The molecule has 5 atom stereocenters. The Morgan fingerprint density at radius 3 is 2.21 bits per heavy atom. The van der Waals surface area contributed by atoms with Crippen LogP contribution in [0.3, 0.4) is 0 Å². The van der Waals surface area contributed by atoms with Gasteiger partial charge in [0.15, 0.2) is 12.4 Å². The minimum atomic E-state index is -0.821. The van der Waals surface area contributed by atoms with Gasteiger partial charge in [-0.25, -0.2) is 0 Å². The Balaban J connectivity index is 2.81. The van der Waals surface area contributed by atoms with Crippen LogP contribution in [-0.4, -0.2) is 62.9 Å². The third-order valence-corrected chi connectivity index (χ3v) is 3.78. The van der Waals surface area contributed by atoms with E-state index in [1.165, 1.54) is 13.8 Å². The van der Waals surface area contributed by atoms with Crippen LogP contribution < -0.4 is 5.73 Å². The third-order valence-electron chi connectivity index (χ3n) is 3.78. The van der Waals surface area contributed by atoms with Crippen molar-refractivity contribution in [3.63, 3.8) is 0 Å². The maximum Gasteiger partial charge on any atom is 0.303 e. The van der Waals surface area contributed by atoms with Crippen LogP contribution in [0.4, 0.5) is 0 Å². The molecule has 5 unspecified atom stereocenters. The van der Waals surface area contributed by atoms with Crippen LogP contribution in [0.25, 0.3) is 0 Å². The normalized spacial score (nSPS) is 30.0. The second-order valence-electron chi connectivity index (χ2n) is 5.73. The lowest BCUT2D eigenvalue weighted by Gasteiger charge is -2.43. The molecule has 8 nitrogen and oxygen atoms in total. The molecule has 0 spiro atoms. The number of hydrogen-bond acceptors (Lipinski definition) is 8. The van der Waals surface area contributed by atoms with Crippen molar-refractivity contribution in [2.45, 2.75) is 58.7 Å². The van der Waals surface area contributed by atoms with Crippen LogP contribution in [0.15, 0.2) is 0 Å². The lowest BCUT2D eigenvalue weighted by molar-refractivity contribution is -0.291. The molecule has 1 aliphatic heterocycles. The Bertz CT molecular complexity index is 404. The van der Waals surface area contributed by atoms with E-state index in [-0.39, 0.29) is 18.6 Å². The molecule has 8 heteroatoms. The van der Waals surface area contributed by atoms with Crippen molar-refractivity contribution >= 4 is 11.9 Å². The van der Waals surface area contributed by atoms with E-state index in [1.807, 2.05) is 13.8 Å². The molecule has 1 fully saturated rings. The average molecular weight is 347 g/mol. The van der Waals surface area contributed by atoms with Crippen molar-refractivity contribution in [1.29, 1.82) is 0 Å². The van der Waals surface area contributed by atoms with Crippen molar-refractivity contribution in [3.8, 4) is 0 Å². The number of carbonyl (C=O) groups is 2. The Morgan fingerprint density at radius 1 is 1.04 bits per heavy atom. The number of rotatable bonds is 9. The average Bonchev–Trinajstić information content (AvgIpc) is 2.51. The minimum Gasteiger partial charge on any atom is -0.458 e. The molecule has 0 radical (unpaired) electrons. The minimum absolute atomic E-state index is 0.128. The highest BCUT2D eigenvalue weighted by Crippen LogP contribution is 2.32. The first-order chi connectivity index (χ1) is 11.4. The number of nitrogens with two attached hydrogens (primary N) is 1. The summed E-state index contributed by atoms with van der Waals surface area (Å²) in [6, 6.07) is 0. The van der Waals surface area contributed by atoms with Crippen molar-refractivity contribution in [3.05, 3.63) is 0 Å². The summed E-state index contributed by atoms with van der Waals surface area (Å²) in [5.41, 5.74) is 5.35. The van der Waals surface area contributed by atoms with Crippen molar-refractivity contribution in [1.82, 2.24) is 0 Å². The zero-order chi connectivity index (χ0) is 18.1. The van der Waals surface area contributed by atoms with Crippen molar-refractivity contribution < 1.29 is 33.3 Å². The highest BCUT2D eigenvalue weighted by Gasteiger charge is 2.47. The number of esters is 2. The highest BCUT2D eigenvalue weighted by molar-refractivity contribution is 5.67. The second-order valence-corrected chi connectivity index (χ2v) is 5.73. The molecule has 0 aromatic heterocycles. The van der Waals surface area contributed by atoms with Gasteiger partial charge in [-0.05, 0) is 6.42 Å². The Hall–Kier alpha value is -1.22. The molecule has 0 aromatic rings. The van der Waals surface area contributed by atoms with Gasteiger partial charge in [0.1, 0.15) is 6.10 Å². The topological polar surface area (TPSA) is 106 Å². The van der Waals surface area contributed by atoms with E-state index in [0.717, 1.165) is 6.42 Å². The predicted octanol–water partition coefficient (Wildman–Crippen LogP) is 0.613. The van der Waals surface area contributed by atoms with Crippen LogP contribution in [-0.2, 0) is 33.3 Å². The molecule has 0 aromatic carbocycles. The van der Waals surface area contributed by atoms with E-state index in [0.29, 0.717) is 19.8 Å². The van der Waals surface area contributed by atoms with Gasteiger partial charge in [0.2, 0.25) is 0 Å². The predicted molar refractivity (Wildman–Crippen MR) is 85.0 cm³/mol. The van der Waals surface area contributed by atoms with Gasteiger partial charge in [0.05, 0.1) is 25.9 Å². The molecule has 1 rings (SSSR count). The van der Waals surface area contributed by atoms with Crippen LogP contribution in [0, 0.1) is 5.92 Å². The van der Waals surface area contributed by atoms with Crippen LogP contribution in [0.5, 0.6) is 0 Å². The lowest BCUT2D eigenvalue weighted by atomic mass is 9.89. The van der Waals surface area contributed by atoms with Gasteiger partial charge >= 0.3 is 11.9 Å². The molecular weight excluding hydrogens is 318 g/mol. The summed E-state index contributed by atoms with van der Waals surface area (Å²) in [7, 11) is 0. The Kier molecular flexibility index (Phi) is 9.20. The fourth-order valence-corrected chi connectivity index (χ4v) is 2.73. The molecule has 0 aliphatic carbocycles. The van der Waals surface area contributed by atoms with Gasteiger partial charge in [-0.3, -0.25) is 9.59 Å². The molecule has 140 valence electrons. The number of hydrogen-bond donors (Lipinski definition) is 1. The summed E-state index contributed by atoms with van der Waals surface area (Å²) in [6.45, 7) is 7.95. The summed E-state index contributed by atoms with van der Waals surface area (Å²) in [5, 5.41) is 0. The maximum absolute atomic E-state index is 11.4. The first-order valence-corrected chi connectivity index (χ1v) is 8.30. The summed E-state index contributed by atoms with van der Waals surface area (Å²) in [6.07, 6.45) is -1.72. The van der Waals surface area contributed by atoms with E-state index in [4.69, 9.17) is 29.4 Å². The SMILES string of the molecule is CCC1OC(OCCOCCN)C(OC(C)=O)C(OC(C)=O)C1C. The summed E-state index contributed by atoms with van der Waals surface area (Å²) in [5.74, 6) is -1.06. The zero-order valence-electron chi connectivity index (χ0n) is 14.9. The van der Waals surface area contributed by atoms with E-state index in [1.54, 1.807) is 0 Å². The summed E-state index contributed by atoms with van der Waals surface area (Å²) in [4.78, 5) is 22.9. The van der Waals surface area contributed by atoms with Crippen LogP contribution >= 0.6 is 0 Å². The molecule has 0 bridgehead atoms. The van der Waals surface area contributed by atoms with E-state index in [2.05, 4.69) is 0 Å². The molecule has 2 N–H and O–H groups in total. The van der Waals surface area contributed by atoms with Crippen LogP contribution in [0.2, 0.25) is 0 Å². The number of ether oxygens (including phenoxy) is 5. The van der Waals surface area contributed by atoms with Crippen molar-refractivity contribution in [2.75, 3.05) is 26.4 Å². The van der Waals surface area contributed by atoms with Gasteiger partial charge in [-0.15, -0.1) is 0 Å². The smallest absolute Gasteiger partial charge is 0.303 e. The van der Waals surface area contributed by atoms with E-state index in [9.17, 15) is 9.59 Å². The van der Waals surface area contributed by atoms with Gasteiger partial charge < -0.3 is 29.4 Å². The zero-order valence-corrected chi connectivity index (χ0v) is 14.9. The standard InChI is InChI=1S/C16H29NO7/c1-5-13-10(2)14(22-11(3)18)15(23-12(4)19)16(24-13)21-9-8-20-7-6-17/h10,13-16H,5-9,17H2,1-4H3. The lowest BCUT2D eigenvalue weighted by Crippen LogP contribution is -2.57. The first-order valence-electron chi connectivity index (χ1n) is 8.30. The van der Waals surface area contributed by atoms with E-state index >= 15 is 0 Å². The Morgan fingerprint density at radius 2 is 1.67 bits per heavy atom. The summed E-state index contributed by atoms with van der Waals surface area (Å²) < 4.78 is 27.6. The molecule has 24 heavy (non-hydrogen) atoms.